The lowest BCUT2D eigenvalue weighted by molar-refractivity contribution is 0.581. The Kier molecular flexibility index (Phi) is 4.55. The average Bonchev–Trinajstić information content (AvgIpc) is 2.21. The van der Waals surface area contributed by atoms with E-state index in [0.29, 0.717) is 5.92 Å². The van der Waals surface area contributed by atoms with E-state index in [0.717, 1.165) is 13.0 Å². The summed E-state index contributed by atoms with van der Waals surface area (Å²) in [5.41, 5.74) is 6.97. The molecule has 72 valence electrons. The molecule has 1 aromatic carbocycles. The van der Waals surface area contributed by atoms with Gasteiger partial charge in [-0.25, -0.2) is 0 Å². The average molecular weight is 177 g/mol. The van der Waals surface area contributed by atoms with Crippen LogP contribution in [0, 0.1) is 0 Å². The summed E-state index contributed by atoms with van der Waals surface area (Å²) in [6.07, 6.45) is 3.56. The zero-order valence-corrected chi connectivity index (χ0v) is 8.37. The molecular weight excluding hydrogens is 158 g/mol. The number of nitrogens with two attached hydrogens (primary N) is 1. The van der Waals surface area contributed by atoms with Gasteiger partial charge in [0, 0.05) is 0 Å². The SMILES string of the molecule is CCC(CCCN)c1ccccc1. The molecule has 1 heteroatoms. The van der Waals surface area contributed by atoms with Crippen molar-refractivity contribution in [2.24, 2.45) is 5.73 Å². The number of rotatable bonds is 5. The Balaban J connectivity index is 2.56. The molecule has 0 aliphatic rings. The summed E-state index contributed by atoms with van der Waals surface area (Å²) >= 11 is 0. The standard InChI is InChI=1S/C12H19N/c1-2-11(9-6-10-13)12-7-4-3-5-8-12/h3-5,7-8,11H,2,6,9-10,13H2,1H3. The van der Waals surface area contributed by atoms with Crippen LogP contribution in [0.5, 0.6) is 0 Å². The first-order chi connectivity index (χ1) is 6.38. The molecule has 0 radical (unpaired) electrons. The van der Waals surface area contributed by atoms with E-state index < -0.39 is 0 Å². The molecule has 0 fully saturated rings. The fourth-order valence-electron chi connectivity index (χ4n) is 1.70. The van der Waals surface area contributed by atoms with Crippen molar-refractivity contribution in [1.82, 2.24) is 0 Å². The predicted molar refractivity (Wildman–Crippen MR) is 57.8 cm³/mol. The van der Waals surface area contributed by atoms with E-state index >= 15 is 0 Å². The first kappa shape index (κ1) is 10.3. The van der Waals surface area contributed by atoms with Crippen LogP contribution in [-0.2, 0) is 0 Å². The summed E-state index contributed by atoms with van der Waals surface area (Å²) in [6, 6.07) is 10.7. The van der Waals surface area contributed by atoms with Crippen molar-refractivity contribution in [3.63, 3.8) is 0 Å². The summed E-state index contributed by atoms with van der Waals surface area (Å²) in [4.78, 5) is 0. The van der Waals surface area contributed by atoms with Gasteiger partial charge in [-0.1, -0.05) is 37.3 Å². The Morgan fingerprint density at radius 3 is 2.46 bits per heavy atom. The van der Waals surface area contributed by atoms with Crippen LogP contribution in [0.15, 0.2) is 30.3 Å². The van der Waals surface area contributed by atoms with Crippen LogP contribution in [-0.4, -0.2) is 6.54 Å². The molecule has 1 unspecified atom stereocenters. The fourth-order valence-corrected chi connectivity index (χ4v) is 1.70. The molecule has 13 heavy (non-hydrogen) atoms. The van der Waals surface area contributed by atoms with E-state index in [1.807, 2.05) is 0 Å². The lowest BCUT2D eigenvalue weighted by Crippen LogP contribution is -2.03. The van der Waals surface area contributed by atoms with Crippen LogP contribution in [0.2, 0.25) is 0 Å². The Morgan fingerprint density at radius 1 is 1.23 bits per heavy atom. The van der Waals surface area contributed by atoms with Gasteiger partial charge in [-0.15, -0.1) is 0 Å². The Bertz CT molecular complexity index is 218. The minimum Gasteiger partial charge on any atom is -0.330 e. The summed E-state index contributed by atoms with van der Waals surface area (Å²) < 4.78 is 0. The normalized spacial score (nSPS) is 12.8. The van der Waals surface area contributed by atoms with Crippen molar-refractivity contribution in [3.05, 3.63) is 35.9 Å². The van der Waals surface area contributed by atoms with Crippen LogP contribution >= 0.6 is 0 Å². The Labute approximate surface area is 81.0 Å². The fraction of sp³-hybridized carbons (Fsp3) is 0.500. The quantitative estimate of drug-likeness (QED) is 0.735. The van der Waals surface area contributed by atoms with Gasteiger partial charge in [0.05, 0.1) is 0 Å². The summed E-state index contributed by atoms with van der Waals surface area (Å²) in [6.45, 7) is 3.05. The molecule has 0 aliphatic heterocycles. The third-order valence-electron chi connectivity index (χ3n) is 2.52. The minimum absolute atomic E-state index is 0.699. The number of benzene rings is 1. The molecule has 2 N–H and O–H groups in total. The van der Waals surface area contributed by atoms with Crippen LogP contribution in [0.1, 0.15) is 37.7 Å². The van der Waals surface area contributed by atoms with Gasteiger partial charge in [-0.3, -0.25) is 0 Å². The maximum absolute atomic E-state index is 5.51. The second kappa shape index (κ2) is 5.76. The smallest absolute Gasteiger partial charge is 0.00771 e. The number of hydrogen-bond donors (Lipinski definition) is 1. The van der Waals surface area contributed by atoms with Gasteiger partial charge in [0.2, 0.25) is 0 Å². The highest BCUT2D eigenvalue weighted by atomic mass is 14.5. The monoisotopic (exact) mass is 177 g/mol. The van der Waals surface area contributed by atoms with E-state index in [4.69, 9.17) is 5.73 Å². The molecule has 0 saturated carbocycles. The first-order valence-corrected chi connectivity index (χ1v) is 5.13. The maximum Gasteiger partial charge on any atom is -0.00771 e. The van der Waals surface area contributed by atoms with Crippen LogP contribution in [0.25, 0.3) is 0 Å². The predicted octanol–water partition coefficient (Wildman–Crippen LogP) is 2.92. The molecule has 0 saturated heterocycles. The highest BCUT2D eigenvalue weighted by Gasteiger charge is 2.06. The van der Waals surface area contributed by atoms with Gasteiger partial charge in [-0.2, -0.15) is 0 Å². The zero-order valence-electron chi connectivity index (χ0n) is 8.37. The molecule has 1 atom stereocenters. The second-order valence-electron chi connectivity index (χ2n) is 3.45. The van der Waals surface area contributed by atoms with Gasteiger partial charge in [-0.05, 0) is 37.3 Å². The van der Waals surface area contributed by atoms with Crippen LogP contribution in [0.3, 0.4) is 0 Å². The lowest BCUT2D eigenvalue weighted by atomic mass is 9.92. The topological polar surface area (TPSA) is 26.0 Å². The lowest BCUT2D eigenvalue weighted by Gasteiger charge is -2.14. The van der Waals surface area contributed by atoms with Crippen LogP contribution < -0.4 is 5.73 Å². The molecule has 1 nitrogen and oxygen atoms in total. The van der Waals surface area contributed by atoms with Crippen molar-refractivity contribution in [1.29, 1.82) is 0 Å². The van der Waals surface area contributed by atoms with Gasteiger partial charge in [0.25, 0.3) is 0 Å². The van der Waals surface area contributed by atoms with E-state index in [-0.39, 0.29) is 0 Å². The molecule has 1 aromatic rings. The molecule has 1 rings (SSSR count). The Hall–Kier alpha value is -0.820. The van der Waals surface area contributed by atoms with Crippen LogP contribution in [0.4, 0.5) is 0 Å². The molecule has 0 spiro atoms. The molecule has 0 aromatic heterocycles. The highest BCUT2D eigenvalue weighted by Crippen LogP contribution is 2.23. The summed E-state index contributed by atoms with van der Waals surface area (Å²) in [7, 11) is 0. The van der Waals surface area contributed by atoms with E-state index in [2.05, 4.69) is 37.3 Å². The van der Waals surface area contributed by atoms with Gasteiger partial charge < -0.3 is 5.73 Å². The van der Waals surface area contributed by atoms with Crippen molar-refractivity contribution in [2.75, 3.05) is 6.54 Å². The molecular formula is C12H19N. The van der Waals surface area contributed by atoms with Crippen molar-refractivity contribution in [3.8, 4) is 0 Å². The molecule has 0 bridgehead atoms. The van der Waals surface area contributed by atoms with E-state index in [9.17, 15) is 0 Å². The van der Waals surface area contributed by atoms with Gasteiger partial charge >= 0.3 is 0 Å². The third kappa shape index (κ3) is 3.19. The van der Waals surface area contributed by atoms with Gasteiger partial charge in [0.15, 0.2) is 0 Å². The van der Waals surface area contributed by atoms with Crippen molar-refractivity contribution < 1.29 is 0 Å². The largest absolute Gasteiger partial charge is 0.330 e. The van der Waals surface area contributed by atoms with Gasteiger partial charge in [0.1, 0.15) is 0 Å². The second-order valence-corrected chi connectivity index (χ2v) is 3.45. The molecule has 0 heterocycles. The molecule has 0 aliphatic carbocycles. The third-order valence-corrected chi connectivity index (χ3v) is 2.52. The number of hydrogen-bond acceptors (Lipinski definition) is 1. The molecule has 0 amide bonds. The first-order valence-electron chi connectivity index (χ1n) is 5.13. The van der Waals surface area contributed by atoms with Crippen molar-refractivity contribution >= 4 is 0 Å². The maximum atomic E-state index is 5.51. The summed E-state index contributed by atoms with van der Waals surface area (Å²) in [5.74, 6) is 0.699. The summed E-state index contributed by atoms with van der Waals surface area (Å²) in [5, 5.41) is 0. The highest BCUT2D eigenvalue weighted by molar-refractivity contribution is 5.19. The van der Waals surface area contributed by atoms with E-state index in [1.54, 1.807) is 0 Å². The van der Waals surface area contributed by atoms with Crippen molar-refractivity contribution in [2.45, 2.75) is 32.1 Å². The Morgan fingerprint density at radius 2 is 1.92 bits per heavy atom. The zero-order chi connectivity index (χ0) is 9.52. The van der Waals surface area contributed by atoms with E-state index in [1.165, 1.54) is 18.4 Å². The minimum atomic E-state index is 0.699.